The maximum atomic E-state index is 13.7. The van der Waals surface area contributed by atoms with Gasteiger partial charge in [0.05, 0.1) is 34.7 Å². The number of anilines is 1. The minimum atomic E-state index is -4.69. The molecule has 0 aliphatic carbocycles. The second-order valence-corrected chi connectivity index (χ2v) is 5.84. The molecule has 26 heavy (non-hydrogen) atoms. The van der Waals surface area contributed by atoms with Gasteiger partial charge in [0.25, 0.3) is 0 Å². The lowest BCUT2D eigenvalue weighted by molar-refractivity contribution is -0.137. The third-order valence-corrected chi connectivity index (χ3v) is 4.19. The van der Waals surface area contributed by atoms with E-state index in [9.17, 15) is 22.4 Å². The molecule has 1 fully saturated rings. The van der Waals surface area contributed by atoms with E-state index in [4.69, 9.17) is 4.74 Å². The van der Waals surface area contributed by atoms with Crippen LogP contribution >= 0.6 is 0 Å². The summed E-state index contributed by atoms with van der Waals surface area (Å²) in [6.45, 7) is -0.180. The summed E-state index contributed by atoms with van der Waals surface area (Å²) in [6.07, 6.45) is -3.93. The lowest BCUT2D eigenvalue weighted by Crippen LogP contribution is -2.27. The number of carbonyl (C=O) groups is 1. The molecule has 2 heterocycles. The van der Waals surface area contributed by atoms with Crippen molar-refractivity contribution in [3.63, 3.8) is 0 Å². The van der Waals surface area contributed by atoms with Crippen molar-refractivity contribution < 1.29 is 27.1 Å². The number of hydrogen-bond acceptors (Lipinski definition) is 3. The van der Waals surface area contributed by atoms with Crippen molar-refractivity contribution in [3.05, 3.63) is 59.7 Å². The number of H-pyrrole nitrogens is 1. The molecule has 1 aromatic heterocycles. The van der Waals surface area contributed by atoms with Crippen molar-refractivity contribution in [2.24, 2.45) is 0 Å². The summed E-state index contributed by atoms with van der Waals surface area (Å²) >= 11 is 0. The van der Waals surface area contributed by atoms with Gasteiger partial charge in [-0.25, -0.2) is 14.2 Å². The van der Waals surface area contributed by atoms with Gasteiger partial charge in [-0.2, -0.15) is 13.2 Å². The molecular weight excluding hydrogens is 354 g/mol. The van der Waals surface area contributed by atoms with Gasteiger partial charge in [-0.3, -0.25) is 4.90 Å². The average molecular weight is 365 g/mol. The third-order valence-electron chi connectivity index (χ3n) is 4.19. The van der Waals surface area contributed by atoms with Crippen molar-refractivity contribution in [1.82, 2.24) is 9.97 Å². The minimum Gasteiger partial charge on any atom is -0.447 e. The van der Waals surface area contributed by atoms with Crippen molar-refractivity contribution in [2.75, 3.05) is 11.5 Å². The molecule has 1 aliphatic rings. The fourth-order valence-electron chi connectivity index (χ4n) is 2.99. The SMILES string of the molecule is O=C1OC[C@@H](c2cc(F)cc(C(F)(F)F)c2)N1c1ccc2nc[nH]c2c1. The summed E-state index contributed by atoms with van der Waals surface area (Å²) in [6, 6.07) is 6.25. The Labute approximate surface area is 144 Å². The first-order chi connectivity index (χ1) is 12.3. The molecule has 0 bridgehead atoms. The van der Waals surface area contributed by atoms with Crippen molar-refractivity contribution in [1.29, 1.82) is 0 Å². The molecule has 1 amide bonds. The highest BCUT2D eigenvalue weighted by atomic mass is 19.4. The molecule has 134 valence electrons. The van der Waals surface area contributed by atoms with E-state index >= 15 is 0 Å². The highest BCUT2D eigenvalue weighted by Crippen LogP contribution is 2.37. The Bertz CT molecular complexity index is 999. The van der Waals surface area contributed by atoms with Crippen LogP contribution in [-0.2, 0) is 10.9 Å². The van der Waals surface area contributed by atoms with Crippen molar-refractivity contribution in [2.45, 2.75) is 12.2 Å². The van der Waals surface area contributed by atoms with Crippen LogP contribution in [0, 0.1) is 5.82 Å². The number of carbonyl (C=O) groups excluding carboxylic acids is 1. The number of imidazole rings is 1. The molecule has 0 radical (unpaired) electrons. The van der Waals surface area contributed by atoms with E-state index in [-0.39, 0.29) is 12.2 Å². The van der Waals surface area contributed by atoms with Crippen LogP contribution in [0.5, 0.6) is 0 Å². The van der Waals surface area contributed by atoms with Gasteiger partial charge in [0, 0.05) is 0 Å². The number of nitrogens with one attached hydrogen (secondary N) is 1. The summed E-state index contributed by atoms with van der Waals surface area (Å²) < 4.78 is 57.7. The molecule has 2 aromatic carbocycles. The van der Waals surface area contributed by atoms with Crippen molar-refractivity contribution in [3.8, 4) is 0 Å². The highest BCUT2D eigenvalue weighted by molar-refractivity contribution is 5.93. The molecule has 9 heteroatoms. The second kappa shape index (κ2) is 5.72. The number of fused-ring (bicyclic) bond motifs is 1. The summed E-state index contributed by atoms with van der Waals surface area (Å²) in [5, 5.41) is 0. The van der Waals surface area contributed by atoms with Gasteiger partial charge >= 0.3 is 12.3 Å². The zero-order valence-electron chi connectivity index (χ0n) is 13.0. The molecular formula is C17H11F4N3O2. The average Bonchev–Trinajstić information content (AvgIpc) is 3.18. The van der Waals surface area contributed by atoms with Crippen LogP contribution in [-0.4, -0.2) is 22.7 Å². The zero-order chi connectivity index (χ0) is 18.5. The Hall–Kier alpha value is -3.10. The molecule has 1 N–H and O–H groups in total. The first kappa shape index (κ1) is 16.4. The molecule has 1 saturated heterocycles. The predicted octanol–water partition coefficient (Wildman–Crippen LogP) is 4.42. The molecule has 1 atom stereocenters. The first-order valence-corrected chi connectivity index (χ1v) is 7.60. The van der Waals surface area contributed by atoms with Crippen molar-refractivity contribution >= 4 is 22.8 Å². The summed E-state index contributed by atoms with van der Waals surface area (Å²) in [5.74, 6) is -1.03. The fourth-order valence-corrected chi connectivity index (χ4v) is 2.99. The van der Waals surface area contributed by atoms with E-state index in [1.54, 1.807) is 18.2 Å². The lowest BCUT2D eigenvalue weighted by Gasteiger charge is -2.22. The largest absolute Gasteiger partial charge is 0.447 e. The Balaban J connectivity index is 1.78. The number of benzene rings is 2. The highest BCUT2D eigenvalue weighted by Gasteiger charge is 2.38. The molecule has 0 saturated carbocycles. The van der Waals surface area contributed by atoms with Gasteiger partial charge in [0.2, 0.25) is 0 Å². The number of amides is 1. The van der Waals surface area contributed by atoms with E-state index in [2.05, 4.69) is 9.97 Å². The molecule has 5 nitrogen and oxygen atoms in total. The van der Waals surface area contributed by atoms with Gasteiger partial charge < -0.3 is 9.72 Å². The number of cyclic esters (lactones) is 1. The van der Waals surface area contributed by atoms with E-state index in [0.29, 0.717) is 22.8 Å². The van der Waals surface area contributed by atoms with Crippen LogP contribution in [0.3, 0.4) is 0 Å². The molecule has 3 aromatic rings. The van der Waals surface area contributed by atoms with E-state index in [1.807, 2.05) is 0 Å². The molecule has 0 spiro atoms. The Morgan fingerprint density at radius 1 is 1.19 bits per heavy atom. The summed E-state index contributed by atoms with van der Waals surface area (Å²) in [7, 11) is 0. The number of hydrogen-bond donors (Lipinski definition) is 1. The normalized spacial score (nSPS) is 17.8. The molecule has 0 unspecified atom stereocenters. The van der Waals surface area contributed by atoms with Crippen LogP contribution < -0.4 is 4.90 Å². The van der Waals surface area contributed by atoms with Crippen LogP contribution in [0.1, 0.15) is 17.2 Å². The quantitative estimate of drug-likeness (QED) is 0.684. The Morgan fingerprint density at radius 2 is 2.00 bits per heavy atom. The Kier molecular flexibility index (Phi) is 3.60. The monoisotopic (exact) mass is 365 g/mol. The number of ether oxygens (including phenoxy) is 1. The number of alkyl halides is 3. The number of aromatic nitrogens is 2. The summed E-state index contributed by atoms with van der Waals surface area (Å²) in [4.78, 5) is 20.3. The van der Waals surface area contributed by atoms with E-state index in [1.165, 1.54) is 11.2 Å². The number of rotatable bonds is 2. The standard InChI is InChI=1S/C17H11F4N3O2/c18-11-4-9(3-10(5-11)17(19,20)21)15-7-26-16(25)24(15)12-1-2-13-14(6-12)23-8-22-13/h1-6,8,15H,7H2,(H,22,23)/t15-/m0/s1. The maximum Gasteiger partial charge on any atom is 0.416 e. The van der Waals surface area contributed by atoms with Gasteiger partial charge in [0.1, 0.15) is 12.4 Å². The first-order valence-electron chi connectivity index (χ1n) is 7.60. The Morgan fingerprint density at radius 3 is 2.77 bits per heavy atom. The van der Waals surface area contributed by atoms with E-state index in [0.717, 1.165) is 12.1 Å². The second-order valence-electron chi connectivity index (χ2n) is 5.84. The lowest BCUT2D eigenvalue weighted by atomic mass is 10.0. The fraction of sp³-hybridized carbons (Fsp3) is 0.176. The van der Waals surface area contributed by atoms with Gasteiger partial charge in [0.15, 0.2) is 0 Å². The van der Waals surface area contributed by atoms with Gasteiger partial charge in [-0.1, -0.05) is 0 Å². The topological polar surface area (TPSA) is 58.2 Å². The zero-order valence-corrected chi connectivity index (χ0v) is 13.0. The minimum absolute atomic E-state index is 0.00730. The van der Waals surface area contributed by atoms with Gasteiger partial charge in [-0.05, 0) is 42.0 Å². The van der Waals surface area contributed by atoms with Gasteiger partial charge in [-0.15, -0.1) is 0 Å². The maximum absolute atomic E-state index is 13.7. The van der Waals surface area contributed by atoms with Crippen LogP contribution in [0.4, 0.5) is 28.0 Å². The number of nitrogens with zero attached hydrogens (tertiary/aromatic N) is 2. The van der Waals surface area contributed by atoms with Crippen LogP contribution in [0.15, 0.2) is 42.7 Å². The predicted molar refractivity (Wildman–Crippen MR) is 84.1 cm³/mol. The van der Waals surface area contributed by atoms with Crippen LogP contribution in [0.2, 0.25) is 0 Å². The van der Waals surface area contributed by atoms with E-state index < -0.39 is 29.7 Å². The summed E-state index contributed by atoms with van der Waals surface area (Å²) in [5.41, 5.74) is 0.620. The molecule has 4 rings (SSSR count). The number of halogens is 4. The molecule has 1 aliphatic heterocycles. The van der Waals surface area contributed by atoms with Crippen LogP contribution in [0.25, 0.3) is 11.0 Å². The smallest absolute Gasteiger partial charge is 0.416 e. The number of aromatic amines is 1. The third kappa shape index (κ3) is 2.75.